The number of nitrogens with zero attached hydrogens (tertiary/aromatic N) is 3. The smallest absolute Gasteiger partial charge is 0.331 e. The molecule has 0 fully saturated rings. The Bertz CT molecular complexity index is 1560. The van der Waals surface area contributed by atoms with E-state index in [1.54, 1.807) is 18.2 Å². The molecule has 0 bridgehead atoms. The summed E-state index contributed by atoms with van der Waals surface area (Å²) in [4.78, 5) is 66.6. The summed E-state index contributed by atoms with van der Waals surface area (Å²) in [5.41, 5.74) is 11.6. The monoisotopic (exact) mass is 623 g/mol. The van der Waals surface area contributed by atoms with Crippen LogP contribution < -0.4 is 27.8 Å². The average Bonchev–Trinajstić information content (AvgIpc) is 3.21. The van der Waals surface area contributed by atoms with Gasteiger partial charge >= 0.3 is 17.6 Å². The number of hydrogen-bond donors (Lipinski definition) is 7. The molecule has 2 amide bonds. The van der Waals surface area contributed by atoms with E-state index < -0.39 is 60.4 Å². The summed E-state index contributed by atoms with van der Waals surface area (Å²) in [5, 5.41) is 34.5. The zero-order valence-electron chi connectivity index (χ0n) is 24.5. The number of carbonyl (C=O) groups excluding carboxylic acids is 2. The maximum atomic E-state index is 13.4. The van der Waals surface area contributed by atoms with E-state index in [9.17, 15) is 39.3 Å². The van der Waals surface area contributed by atoms with E-state index in [-0.39, 0.29) is 36.7 Å². The number of nitrogens with one attached hydrogen (secondary N) is 2. The van der Waals surface area contributed by atoms with Crippen molar-refractivity contribution in [1.29, 1.82) is 0 Å². The van der Waals surface area contributed by atoms with E-state index in [4.69, 9.17) is 11.5 Å². The molecule has 9 N–H and O–H groups in total. The number of amides is 2. The number of rotatable bonds is 17. The minimum atomic E-state index is -1.68. The summed E-state index contributed by atoms with van der Waals surface area (Å²) in [5.74, 6) is -5.41. The van der Waals surface area contributed by atoms with Gasteiger partial charge in [-0.15, -0.1) is 0 Å². The van der Waals surface area contributed by atoms with Gasteiger partial charge in [-0.1, -0.05) is 60.7 Å². The molecule has 0 saturated carbocycles. The van der Waals surface area contributed by atoms with Crippen molar-refractivity contribution in [1.82, 2.24) is 19.8 Å². The molecule has 2 aromatic carbocycles. The predicted octanol–water partition coefficient (Wildman–Crippen LogP) is 0.0958. The van der Waals surface area contributed by atoms with Crippen LogP contribution in [-0.2, 0) is 45.1 Å². The second-order valence-electron chi connectivity index (χ2n) is 10.2. The maximum Gasteiger partial charge on any atom is 0.331 e. The van der Waals surface area contributed by atoms with Gasteiger partial charge in [-0.05, 0) is 36.8 Å². The summed E-state index contributed by atoms with van der Waals surface area (Å²) >= 11 is 0. The highest BCUT2D eigenvalue weighted by Crippen LogP contribution is 2.19. The highest BCUT2D eigenvalue weighted by molar-refractivity contribution is 5.93. The van der Waals surface area contributed by atoms with Gasteiger partial charge in [-0.3, -0.25) is 28.5 Å². The first kappa shape index (κ1) is 33.9. The zero-order valence-corrected chi connectivity index (χ0v) is 24.5. The molecule has 45 heavy (non-hydrogen) atoms. The fraction of sp³-hybridized carbons (Fsp3) is 0.333. The Balaban J connectivity index is 1.80. The number of aliphatic carboxylic acids is 2. The maximum absolute atomic E-state index is 13.4. The van der Waals surface area contributed by atoms with Gasteiger partial charge in [0.1, 0.15) is 12.6 Å². The minimum absolute atomic E-state index is 0.105. The third-order valence-corrected chi connectivity index (χ3v) is 6.86. The van der Waals surface area contributed by atoms with Gasteiger partial charge in [0.2, 0.25) is 17.7 Å². The van der Waals surface area contributed by atoms with Crippen LogP contribution in [0.3, 0.4) is 0 Å². The molecular formula is C30H37N7O8. The highest BCUT2D eigenvalue weighted by atomic mass is 16.4. The number of aliphatic imine (C=N–C) groups is 1. The van der Waals surface area contributed by atoms with Gasteiger partial charge in [0.05, 0.1) is 12.1 Å². The van der Waals surface area contributed by atoms with E-state index >= 15 is 0 Å². The molecule has 15 nitrogen and oxygen atoms in total. The van der Waals surface area contributed by atoms with E-state index in [2.05, 4.69) is 15.6 Å². The Morgan fingerprint density at radius 2 is 1.51 bits per heavy atom. The normalized spacial score (nSPS) is 12.1. The molecule has 0 aliphatic rings. The lowest BCUT2D eigenvalue weighted by molar-refractivity contribution is -0.143. The van der Waals surface area contributed by atoms with Crippen molar-refractivity contribution in [2.45, 2.75) is 57.3 Å². The van der Waals surface area contributed by atoms with Crippen LogP contribution in [0.1, 0.15) is 42.1 Å². The molecule has 1 heterocycles. The molecule has 0 unspecified atom stereocenters. The van der Waals surface area contributed by atoms with Crippen LogP contribution in [0.2, 0.25) is 0 Å². The molecule has 3 aromatic rings. The van der Waals surface area contributed by atoms with Gasteiger partial charge in [0, 0.05) is 13.1 Å². The number of benzene rings is 2. The number of nitrogens with two attached hydrogens (primary N) is 2. The largest absolute Gasteiger partial charge is 0.493 e. The third-order valence-electron chi connectivity index (χ3n) is 6.86. The molecule has 15 heteroatoms. The highest BCUT2D eigenvalue weighted by Gasteiger charge is 2.30. The predicted molar refractivity (Wildman–Crippen MR) is 163 cm³/mol. The van der Waals surface area contributed by atoms with Crippen LogP contribution in [-0.4, -0.2) is 66.8 Å². The summed E-state index contributed by atoms with van der Waals surface area (Å²) in [6, 6.07) is 14.2. The number of imidazole rings is 1. The van der Waals surface area contributed by atoms with Gasteiger partial charge in [0.25, 0.3) is 0 Å². The summed E-state index contributed by atoms with van der Waals surface area (Å²) in [6.07, 6.45) is 0.924. The number of hydrogen-bond acceptors (Lipinski definition) is 7. The van der Waals surface area contributed by atoms with Gasteiger partial charge in [0.15, 0.2) is 12.0 Å². The molecule has 1 aromatic heterocycles. The van der Waals surface area contributed by atoms with E-state index in [0.717, 1.165) is 10.1 Å². The molecule has 0 aliphatic heterocycles. The van der Waals surface area contributed by atoms with Crippen LogP contribution in [0.25, 0.3) is 0 Å². The first-order valence-corrected chi connectivity index (χ1v) is 14.2. The number of carbonyl (C=O) groups is 4. The molecule has 240 valence electrons. The van der Waals surface area contributed by atoms with Gasteiger partial charge < -0.3 is 37.4 Å². The third kappa shape index (κ3) is 9.98. The number of carboxylic acid groups (broad SMARTS) is 2. The van der Waals surface area contributed by atoms with Crippen LogP contribution in [0.5, 0.6) is 5.88 Å². The number of aryl methyl sites for hydroxylation is 1. The summed E-state index contributed by atoms with van der Waals surface area (Å²) in [7, 11) is 0. The van der Waals surface area contributed by atoms with Crippen LogP contribution in [0.4, 0.5) is 0 Å². The second-order valence-corrected chi connectivity index (χ2v) is 10.2. The number of guanidine groups is 1. The molecule has 0 spiro atoms. The number of carboxylic acids is 2. The molecule has 0 saturated heterocycles. The quantitative estimate of drug-likeness (QED) is 0.0607. The summed E-state index contributed by atoms with van der Waals surface area (Å²) < 4.78 is 2.19. The van der Waals surface area contributed by atoms with Crippen LogP contribution >= 0.6 is 0 Å². The van der Waals surface area contributed by atoms with Crippen LogP contribution in [0, 0.1) is 0 Å². The Labute approximate surface area is 258 Å². The molecule has 3 rings (SSSR count). The second kappa shape index (κ2) is 16.3. The fourth-order valence-corrected chi connectivity index (χ4v) is 4.73. The van der Waals surface area contributed by atoms with E-state index in [1.807, 2.05) is 30.3 Å². The number of aromatic hydroxyl groups is 1. The van der Waals surface area contributed by atoms with E-state index in [0.29, 0.717) is 19.3 Å². The average molecular weight is 624 g/mol. The van der Waals surface area contributed by atoms with Crippen molar-refractivity contribution in [3.05, 3.63) is 88.0 Å². The Morgan fingerprint density at radius 3 is 2.11 bits per heavy atom. The van der Waals surface area contributed by atoms with Gasteiger partial charge in [-0.25, -0.2) is 9.59 Å². The standard InChI is InChI=1S/C30H37N7O8/c31-29(32)33-15-7-14-22-27(42)37(30(45)36(22)16-8-11-19-9-3-1-4-10-19)18-23(38)34-21(17-24(39)40)26(41)35-25(28(43)44)20-12-5-2-6-13-20/h1-6,9-10,12-13,21,25,42H,7-8,11,14-18H2,(H,34,38)(H,35,41)(H,39,40)(H,43,44)(H4,31,32,33)/t21-,25-/m0/s1. The topological polar surface area (TPSA) is 244 Å². The van der Waals surface area contributed by atoms with Crippen LogP contribution in [0.15, 0.2) is 70.5 Å². The van der Waals surface area contributed by atoms with Crippen molar-refractivity contribution in [2.75, 3.05) is 6.54 Å². The minimum Gasteiger partial charge on any atom is -0.493 e. The first-order chi connectivity index (χ1) is 21.5. The first-order valence-electron chi connectivity index (χ1n) is 14.2. The van der Waals surface area contributed by atoms with Crippen molar-refractivity contribution < 1.29 is 34.5 Å². The Hall–Kier alpha value is -5.60. The van der Waals surface area contributed by atoms with Gasteiger partial charge in [-0.2, -0.15) is 0 Å². The number of aromatic nitrogens is 2. The van der Waals surface area contributed by atoms with E-state index in [1.165, 1.54) is 16.7 Å². The lowest BCUT2D eigenvalue weighted by atomic mass is 10.1. The lowest BCUT2D eigenvalue weighted by Gasteiger charge is -2.20. The van der Waals surface area contributed by atoms with Crippen molar-refractivity contribution in [3.8, 4) is 5.88 Å². The molecule has 0 radical (unpaired) electrons. The van der Waals surface area contributed by atoms with Crippen molar-refractivity contribution in [3.63, 3.8) is 0 Å². The lowest BCUT2D eigenvalue weighted by Crippen LogP contribution is -2.50. The van der Waals surface area contributed by atoms with Crippen molar-refractivity contribution >= 4 is 29.7 Å². The molecular weight excluding hydrogens is 586 g/mol. The summed E-state index contributed by atoms with van der Waals surface area (Å²) in [6.45, 7) is -0.271. The molecule has 2 atom stereocenters. The Morgan fingerprint density at radius 1 is 0.867 bits per heavy atom. The Kier molecular flexibility index (Phi) is 12.3. The zero-order chi connectivity index (χ0) is 32.9. The van der Waals surface area contributed by atoms with Crippen molar-refractivity contribution in [2.24, 2.45) is 16.5 Å². The SMILES string of the molecule is NC(N)=NCCCc1c(O)n(CC(=O)N[C@@H](CC(=O)O)C(=O)N[C@H](C(=O)O)c2ccccc2)c(=O)n1CCCc1ccccc1. The molecule has 0 aliphatic carbocycles. The fourth-order valence-electron chi connectivity index (χ4n) is 4.73.